The smallest absolute Gasteiger partial charge is 0.0881 e. The zero-order valence-corrected chi connectivity index (χ0v) is 7.20. The topological polar surface area (TPSA) is 24.7 Å². The van der Waals surface area contributed by atoms with Gasteiger partial charge in [-0.3, -0.25) is 9.98 Å². The average Bonchev–Trinajstić information content (AvgIpc) is 2.15. The molecule has 0 N–H and O–H groups in total. The Kier molecular flexibility index (Phi) is 3.20. The van der Waals surface area contributed by atoms with Gasteiger partial charge in [0.15, 0.2) is 0 Å². The van der Waals surface area contributed by atoms with Crippen LogP contribution in [0.3, 0.4) is 0 Å². The molecule has 0 fully saturated rings. The molecule has 1 rings (SSSR count). The first-order chi connectivity index (χ1) is 5.88. The number of hydrogen-bond acceptors (Lipinski definition) is 2. The first-order valence-corrected chi connectivity index (χ1v) is 3.96. The summed E-state index contributed by atoms with van der Waals surface area (Å²) in [5.41, 5.74) is 1.72. The maximum absolute atomic E-state index is 4.24. The van der Waals surface area contributed by atoms with Gasteiger partial charge in [-0.2, -0.15) is 0 Å². The molecule has 0 amide bonds. The van der Waals surface area contributed by atoms with Crippen LogP contribution in [-0.2, 0) is 0 Å². The lowest BCUT2D eigenvalue weighted by Gasteiger charge is -1.96. The molecule has 62 valence electrons. The lowest BCUT2D eigenvalue weighted by atomic mass is 10.3. The van der Waals surface area contributed by atoms with Gasteiger partial charge in [0.05, 0.1) is 11.4 Å². The van der Waals surface area contributed by atoms with Crippen molar-refractivity contribution in [2.24, 2.45) is 9.98 Å². The highest BCUT2D eigenvalue weighted by Gasteiger charge is 1.93. The summed E-state index contributed by atoms with van der Waals surface area (Å²) in [4.78, 5) is 8.10. The minimum atomic E-state index is 0.835. The van der Waals surface area contributed by atoms with Gasteiger partial charge in [-0.05, 0) is 25.3 Å². The molecule has 1 aromatic carbocycles. The predicted molar refractivity (Wildman–Crippen MR) is 54.1 cm³/mol. The Morgan fingerprint density at radius 2 is 2.00 bits per heavy atom. The van der Waals surface area contributed by atoms with E-state index in [-0.39, 0.29) is 0 Å². The van der Waals surface area contributed by atoms with Crippen molar-refractivity contribution in [1.29, 1.82) is 0 Å². The van der Waals surface area contributed by atoms with E-state index in [0.29, 0.717) is 0 Å². The quantitative estimate of drug-likeness (QED) is 0.607. The maximum atomic E-state index is 4.24. The van der Waals surface area contributed by atoms with E-state index in [4.69, 9.17) is 0 Å². The number of aliphatic imine (C=N–C) groups is 2. The number of rotatable bonds is 3. The third-order valence-electron chi connectivity index (χ3n) is 1.47. The average molecular weight is 160 g/mol. The molecule has 0 saturated carbocycles. The molecule has 0 aliphatic carbocycles. The second-order valence-electron chi connectivity index (χ2n) is 2.37. The van der Waals surface area contributed by atoms with Crippen LogP contribution in [0.5, 0.6) is 0 Å². The second-order valence-corrected chi connectivity index (χ2v) is 2.37. The Labute approximate surface area is 72.7 Å². The van der Waals surface area contributed by atoms with Crippen LogP contribution in [0.15, 0.2) is 34.3 Å². The van der Waals surface area contributed by atoms with Crippen molar-refractivity contribution in [2.45, 2.75) is 13.3 Å². The molecule has 0 aliphatic heterocycles. The third kappa shape index (κ3) is 2.02. The fourth-order valence-corrected chi connectivity index (χ4v) is 0.897. The Morgan fingerprint density at radius 1 is 1.33 bits per heavy atom. The minimum Gasteiger partial charge on any atom is -0.262 e. The molecule has 2 nitrogen and oxygen atoms in total. The molecule has 0 aromatic heterocycles. The highest BCUT2D eigenvalue weighted by molar-refractivity contribution is 5.71. The van der Waals surface area contributed by atoms with Gasteiger partial charge in [0.25, 0.3) is 0 Å². The number of hydrogen-bond donors (Lipinski definition) is 0. The van der Waals surface area contributed by atoms with Crippen LogP contribution < -0.4 is 0 Å². The first kappa shape index (κ1) is 8.65. The molecule has 0 saturated heterocycles. The molecule has 0 aliphatic rings. The van der Waals surface area contributed by atoms with Gasteiger partial charge in [-0.25, -0.2) is 0 Å². The van der Waals surface area contributed by atoms with Gasteiger partial charge < -0.3 is 0 Å². The monoisotopic (exact) mass is 160 g/mol. The molecular formula is C10H12N2. The predicted octanol–water partition coefficient (Wildman–Crippen LogP) is 3.13. The zero-order chi connectivity index (χ0) is 8.81. The van der Waals surface area contributed by atoms with Crippen molar-refractivity contribution in [2.75, 3.05) is 0 Å². The van der Waals surface area contributed by atoms with Crippen LogP contribution in [0.2, 0.25) is 0 Å². The van der Waals surface area contributed by atoms with Gasteiger partial charge >= 0.3 is 0 Å². The lowest BCUT2D eigenvalue weighted by Crippen LogP contribution is -1.69. The van der Waals surface area contributed by atoms with Crippen LogP contribution in [0.25, 0.3) is 0 Å². The summed E-state index contributed by atoms with van der Waals surface area (Å²) in [6.07, 6.45) is 2.80. The largest absolute Gasteiger partial charge is 0.262 e. The molecule has 0 spiro atoms. The third-order valence-corrected chi connectivity index (χ3v) is 1.47. The van der Waals surface area contributed by atoms with Crippen LogP contribution in [0.1, 0.15) is 13.3 Å². The normalized spacial score (nSPS) is 10.4. The molecular weight excluding hydrogens is 148 g/mol. The highest BCUT2D eigenvalue weighted by Crippen LogP contribution is 2.25. The van der Waals surface area contributed by atoms with Crippen LogP contribution in [-0.4, -0.2) is 12.9 Å². The summed E-state index contributed by atoms with van der Waals surface area (Å²) in [6.45, 7) is 5.52. The SMILES string of the molecule is C=Nc1ccccc1N=CCC. The van der Waals surface area contributed by atoms with Crippen molar-refractivity contribution in [3.63, 3.8) is 0 Å². The van der Waals surface area contributed by atoms with Crippen molar-refractivity contribution < 1.29 is 0 Å². The van der Waals surface area contributed by atoms with E-state index in [2.05, 4.69) is 16.7 Å². The summed E-state index contributed by atoms with van der Waals surface area (Å²) in [5.74, 6) is 0. The summed E-state index contributed by atoms with van der Waals surface area (Å²) in [7, 11) is 0. The summed E-state index contributed by atoms with van der Waals surface area (Å²) < 4.78 is 0. The Bertz CT molecular complexity index is 290. The van der Waals surface area contributed by atoms with Crippen LogP contribution in [0.4, 0.5) is 11.4 Å². The van der Waals surface area contributed by atoms with Crippen LogP contribution >= 0.6 is 0 Å². The van der Waals surface area contributed by atoms with Crippen molar-refractivity contribution in [1.82, 2.24) is 0 Å². The van der Waals surface area contributed by atoms with Crippen LogP contribution in [0, 0.1) is 0 Å². The lowest BCUT2D eigenvalue weighted by molar-refractivity contribution is 1.31. The van der Waals surface area contributed by atoms with Gasteiger partial charge in [0.2, 0.25) is 0 Å². The highest BCUT2D eigenvalue weighted by atomic mass is 14.8. The van der Waals surface area contributed by atoms with Gasteiger partial charge in [-0.15, -0.1) is 0 Å². The molecule has 1 aromatic rings. The van der Waals surface area contributed by atoms with E-state index >= 15 is 0 Å². The molecule has 0 bridgehead atoms. The summed E-state index contributed by atoms with van der Waals surface area (Å²) in [5, 5.41) is 0. The fraction of sp³-hybridized carbons (Fsp3) is 0.200. The zero-order valence-electron chi connectivity index (χ0n) is 7.20. The van der Waals surface area contributed by atoms with Crippen molar-refractivity contribution >= 4 is 24.3 Å². The first-order valence-electron chi connectivity index (χ1n) is 3.96. The molecule has 0 heterocycles. The van der Waals surface area contributed by atoms with Gasteiger partial charge in [0, 0.05) is 6.21 Å². The van der Waals surface area contributed by atoms with E-state index in [1.54, 1.807) is 0 Å². The van der Waals surface area contributed by atoms with Crippen molar-refractivity contribution in [3.8, 4) is 0 Å². The Morgan fingerprint density at radius 3 is 2.58 bits per heavy atom. The fourth-order valence-electron chi connectivity index (χ4n) is 0.897. The molecule has 0 radical (unpaired) electrons. The number of nitrogens with zero attached hydrogens (tertiary/aromatic N) is 2. The molecule has 0 unspecified atom stereocenters. The maximum Gasteiger partial charge on any atom is 0.0881 e. The van der Waals surface area contributed by atoms with E-state index in [1.807, 2.05) is 37.4 Å². The number of benzene rings is 1. The van der Waals surface area contributed by atoms with E-state index in [0.717, 1.165) is 17.8 Å². The molecule has 2 heteroatoms. The van der Waals surface area contributed by atoms with E-state index in [1.165, 1.54) is 0 Å². The van der Waals surface area contributed by atoms with E-state index in [9.17, 15) is 0 Å². The molecule has 12 heavy (non-hydrogen) atoms. The summed E-state index contributed by atoms with van der Waals surface area (Å²) >= 11 is 0. The Balaban J connectivity index is 2.96. The minimum absolute atomic E-state index is 0.835. The number of para-hydroxylation sites is 2. The van der Waals surface area contributed by atoms with E-state index < -0.39 is 0 Å². The summed E-state index contributed by atoms with van der Waals surface area (Å²) in [6, 6.07) is 7.69. The van der Waals surface area contributed by atoms with Gasteiger partial charge in [0.1, 0.15) is 0 Å². The second kappa shape index (κ2) is 4.44. The standard InChI is InChI=1S/C10H12N2/c1-3-8-12-10-7-5-4-6-9(10)11-2/h4-8H,2-3H2,1H3. The Hall–Kier alpha value is -1.44. The van der Waals surface area contributed by atoms with Gasteiger partial charge in [-0.1, -0.05) is 19.1 Å². The van der Waals surface area contributed by atoms with Crippen molar-refractivity contribution in [3.05, 3.63) is 24.3 Å². The molecule has 0 atom stereocenters.